The number of benzene rings is 6. The Morgan fingerprint density at radius 1 is 0.512 bits per heavy atom. The molecule has 6 aromatic heterocycles. The van der Waals surface area contributed by atoms with E-state index in [2.05, 4.69) is 35.7 Å². The molecule has 0 spiro atoms. The predicted octanol–water partition coefficient (Wildman–Crippen LogP) is 17.0. The van der Waals surface area contributed by atoms with Crippen LogP contribution in [0.4, 0.5) is 39.4 Å². The van der Waals surface area contributed by atoms with Crippen LogP contribution in [0.3, 0.4) is 0 Å². The van der Waals surface area contributed by atoms with Gasteiger partial charge in [0.1, 0.15) is 100 Å². The van der Waals surface area contributed by atoms with E-state index in [1.165, 1.54) is 86.3 Å². The van der Waals surface area contributed by atoms with Gasteiger partial charge in [0.25, 0.3) is 5.91 Å². The highest BCUT2D eigenvalue weighted by Crippen LogP contribution is 2.50. The van der Waals surface area contributed by atoms with Crippen LogP contribution in [0.25, 0.3) is 28.2 Å². The van der Waals surface area contributed by atoms with Crippen molar-refractivity contribution in [3.63, 3.8) is 0 Å². The van der Waals surface area contributed by atoms with Gasteiger partial charge in [0.2, 0.25) is 0 Å². The average Bonchev–Trinajstić information content (AvgIpc) is 1.74. The van der Waals surface area contributed by atoms with E-state index in [9.17, 15) is 52.0 Å². The zero-order valence-electron chi connectivity index (χ0n) is 66.8. The fourth-order valence-electron chi connectivity index (χ4n) is 15.3. The summed E-state index contributed by atoms with van der Waals surface area (Å²) in [7, 11) is 1.45. The van der Waals surface area contributed by atoms with Crippen LogP contribution in [0.2, 0.25) is 25.1 Å². The fraction of sp³-hybridized carbons (Fsp3) is 0.281. The van der Waals surface area contributed by atoms with Crippen molar-refractivity contribution in [2.24, 2.45) is 0 Å². The number of β-amino-alcohol motifs (C(OH)–C–C–N with tert-alkyl or cyclic N) is 3. The standard InChI is InChI=1S/C30H26Cl2F2N4O4.C29H25ClFN3O5.C28H24Cl2F2N4O2.2CO2/c1-15-7-18(33)9-23(32)25(15)26-20(27(42-37-26)16-3-4-16)12-41-19-5-6-21(22(31)10-19)30(40)13-38(14-30)28-24(34)8-17(11-36-28)29(39)35-2;1-16-10-19(31)4-6-21(16)26-22(27(39-33-26)17-2-3-17)13-38-20-5-7-23(24(30)12-20)29(37)14-34(15-29)25-11-18(28(35)36)8-9-32-25;1-16-9-18(31)10-23(30)26(16)36-25(20(12-34-36)17-4-5-17)13-38-19-6-7-21(22(29)11-19)28(37)14-35(15-28)27-24(32)3-2-8-33-27;2*2-1-3/h5-11,16,40H,3-4,12-14H2,1-2H3,(H,35,39);4-12,17,37H,2-3,13-15H2,1H3,(H,35,36);2-3,6-12,17,37H,4-5,13-15H2,1H3;;. The van der Waals surface area contributed by atoms with Gasteiger partial charge in [-0.05, 0) is 191 Å². The second-order valence-corrected chi connectivity index (χ2v) is 32.9. The maximum atomic E-state index is 14.6. The Labute approximate surface area is 734 Å². The molecule has 6 fully saturated rings. The quantitative estimate of drug-likeness (QED) is 0.0371. The molecule has 3 aliphatic carbocycles. The molecule has 3 saturated heterocycles. The molecule has 0 unspecified atom stereocenters. The molecule has 3 saturated carbocycles. The number of nitrogens with zero attached hydrogens (tertiary/aromatic N) is 10. The van der Waals surface area contributed by atoms with E-state index in [0.29, 0.717) is 95.4 Å². The number of carbonyl (C=O) groups excluding carboxylic acids is 5. The molecule has 6 aliphatic rings. The molecule has 26 nitrogen and oxygen atoms in total. The van der Waals surface area contributed by atoms with Crippen molar-refractivity contribution in [2.75, 3.05) is 61.0 Å². The van der Waals surface area contributed by atoms with E-state index in [1.807, 2.05) is 13.1 Å². The second kappa shape index (κ2) is 37.4. The Kier molecular flexibility index (Phi) is 26.7. The second-order valence-electron chi connectivity index (χ2n) is 30.9. The van der Waals surface area contributed by atoms with Gasteiger partial charge in [0.15, 0.2) is 23.3 Å². The number of nitrogens with one attached hydrogen (secondary N) is 1. The molecule has 9 heterocycles. The molecular weight excluding hydrogens is 1740 g/mol. The molecular formula is C89H75Cl5F5N11O15. The largest absolute Gasteiger partial charge is 0.489 e. The van der Waals surface area contributed by atoms with Crippen LogP contribution < -0.4 is 34.2 Å². The summed E-state index contributed by atoms with van der Waals surface area (Å²) in [5, 5.41) is 59.8. The number of rotatable bonds is 23. The van der Waals surface area contributed by atoms with Crippen molar-refractivity contribution in [1.82, 2.24) is 40.4 Å². The van der Waals surface area contributed by atoms with E-state index in [1.54, 1.807) is 93.9 Å². The first kappa shape index (κ1) is 89.2. The molecule has 125 heavy (non-hydrogen) atoms. The summed E-state index contributed by atoms with van der Waals surface area (Å²) in [5.74, 6) is 0.946. The van der Waals surface area contributed by atoms with Crippen molar-refractivity contribution in [3.8, 4) is 45.5 Å². The Morgan fingerprint density at radius 2 is 1.00 bits per heavy atom. The first-order valence-corrected chi connectivity index (χ1v) is 40.8. The number of aryl methyl sites for hydroxylation is 3. The zero-order valence-corrected chi connectivity index (χ0v) is 70.6. The number of aliphatic hydroxyl groups is 3. The van der Waals surface area contributed by atoms with Gasteiger partial charge in [-0.2, -0.15) is 24.3 Å². The van der Waals surface area contributed by atoms with Crippen LogP contribution in [-0.2, 0) is 55.8 Å². The van der Waals surface area contributed by atoms with E-state index >= 15 is 0 Å². The third-order valence-corrected chi connectivity index (χ3v) is 23.5. The van der Waals surface area contributed by atoms with E-state index in [0.717, 1.165) is 89.6 Å². The Hall–Kier alpha value is -12.1. The van der Waals surface area contributed by atoms with Gasteiger partial charge in [0.05, 0.1) is 104 Å². The first-order chi connectivity index (χ1) is 59.8. The molecule has 12 aromatic rings. The lowest BCUT2D eigenvalue weighted by Crippen LogP contribution is -2.60. The zero-order chi connectivity index (χ0) is 89.1. The van der Waals surface area contributed by atoms with Crippen LogP contribution in [0, 0.1) is 49.9 Å². The van der Waals surface area contributed by atoms with Crippen molar-refractivity contribution < 1.29 is 94.4 Å². The van der Waals surface area contributed by atoms with Crippen LogP contribution in [0.1, 0.15) is 144 Å². The number of pyridine rings is 3. The van der Waals surface area contributed by atoms with E-state index in [-0.39, 0.29) is 121 Å². The highest BCUT2D eigenvalue weighted by atomic mass is 35.5. The van der Waals surface area contributed by atoms with Gasteiger partial charge in [-0.1, -0.05) is 86.5 Å². The number of carboxylic acid groups (broad SMARTS) is 1. The van der Waals surface area contributed by atoms with Crippen molar-refractivity contribution in [2.45, 2.75) is 114 Å². The predicted molar refractivity (Wildman–Crippen MR) is 446 cm³/mol. The Morgan fingerprint density at radius 3 is 1.48 bits per heavy atom. The first-order valence-electron chi connectivity index (χ1n) is 38.9. The van der Waals surface area contributed by atoms with Crippen LogP contribution >= 0.6 is 58.0 Å². The summed E-state index contributed by atoms with van der Waals surface area (Å²) in [6.07, 6.45) is 12.7. The number of hydrogen-bond acceptors (Lipinski definition) is 23. The van der Waals surface area contributed by atoms with E-state index in [4.69, 9.17) is 100 Å². The number of carbonyl (C=O) groups is 2. The lowest BCUT2D eigenvalue weighted by molar-refractivity contribution is -0.193. The van der Waals surface area contributed by atoms with Crippen LogP contribution in [0.15, 0.2) is 161 Å². The molecule has 3 aliphatic heterocycles. The molecule has 0 bridgehead atoms. The van der Waals surface area contributed by atoms with Crippen molar-refractivity contribution in [3.05, 3.63) is 285 Å². The van der Waals surface area contributed by atoms with Gasteiger partial charge in [-0.3, -0.25) is 4.79 Å². The van der Waals surface area contributed by atoms with Crippen molar-refractivity contribution in [1.29, 1.82) is 0 Å². The van der Waals surface area contributed by atoms with Gasteiger partial charge >= 0.3 is 18.3 Å². The third-order valence-electron chi connectivity index (χ3n) is 22.0. The summed E-state index contributed by atoms with van der Waals surface area (Å²) in [6, 6.07) is 32.0. The maximum absolute atomic E-state index is 14.6. The monoisotopic (exact) mass is 1810 g/mol. The smallest absolute Gasteiger partial charge is 0.373 e. The summed E-state index contributed by atoms with van der Waals surface area (Å²) in [4.78, 5) is 72.9. The lowest BCUT2D eigenvalue weighted by atomic mass is 9.86. The van der Waals surface area contributed by atoms with Crippen LogP contribution in [-0.4, -0.2) is 126 Å². The lowest BCUT2D eigenvalue weighted by Gasteiger charge is -2.47. The van der Waals surface area contributed by atoms with E-state index < -0.39 is 51.9 Å². The number of aromatic carboxylic acids is 1. The number of anilines is 3. The molecule has 0 atom stereocenters. The third kappa shape index (κ3) is 19.5. The van der Waals surface area contributed by atoms with Crippen molar-refractivity contribution >= 4 is 99.6 Å². The fourth-order valence-corrected chi connectivity index (χ4v) is 17.0. The number of hydrogen-bond donors (Lipinski definition) is 5. The Bertz CT molecular complexity index is 6120. The van der Waals surface area contributed by atoms with Crippen LogP contribution in [0.5, 0.6) is 17.2 Å². The normalized spacial score (nSPS) is 15.5. The molecule has 36 heteroatoms. The molecule has 6 aromatic carbocycles. The number of amides is 1. The summed E-state index contributed by atoms with van der Waals surface area (Å²) in [5.41, 5.74) is 6.71. The summed E-state index contributed by atoms with van der Waals surface area (Å²) in [6.45, 7) is 6.78. The minimum atomic E-state index is -1.33. The minimum Gasteiger partial charge on any atom is -0.489 e. The molecule has 1 amide bonds. The minimum absolute atomic E-state index is 0.0379. The average molecular weight is 1810 g/mol. The topological polar surface area (TPSA) is 341 Å². The van der Waals surface area contributed by atoms with Gasteiger partial charge in [0, 0.05) is 70.9 Å². The summed E-state index contributed by atoms with van der Waals surface area (Å²) < 4.78 is 102. The highest BCUT2D eigenvalue weighted by Gasteiger charge is 2.49. The maximum Gasteiger partial charge on any atom is 0.373 e. The number of ether oxygens (including phenoxy) is 3. The SMILES string of the molecule is CNC(=O)c1cnc(N2CC(O)(c3ccc(OCc4c(-c5c(C)cc(F)cc5Cl)noc4C4CC4)cc3Cl)C2)c(F)c1.Cc1cc(F)cc(Cl)c1-n1ncc(C2CC2)c1COc1ccc(C2(O)CN(c3ncccc3F)C2)c(Cl)c1.Cc1cc(F)ccc1-c1noc(C2CC2)c1COc1ccc(C2(O)CN(c3cc(C(=O)O)ccn3)C2)c(Cl)c1.O=C=O.O=C=O. The number of halogens is 10. The number of aromatic nitrogens is 7. The van der Waals surface area contributed by atoms with Gasteiger partial charge in [-0.25, -0.2) is 46.4 Å². The molecule has 646 valence electrons. The highest BCUT2D eigenvalue weighted by molar-refractivity contribution is 6.34. The van der Waals surface area contributed by atoms with Gasteiger partial charge < -0.3 is 63.7 Å². The number of carboxylic acids is 1. The molecule has 18 rings (SSSR count). The molecule has 5 N–H and O–H groups in total. The summed E-state index contributed by atoms with van der Waals surface area (Å²) >= 11 is 32.5. The Balaban J connectivity index is 0.000000148. The molecule has 0 radical (unpaired) electrons. The van der Waals surface area contributed by atoms with Gasteiger partial charge in [-0.15, -0.1) is 0 Å².